The largest absolute Gasteiger partial charge is 0.343 e. The summed E-state index contributed by atoms with van der Waals surface area (Å²) in [7, 11) is 2.21. The van der Waals surface area contributed by atoms with Crippen molar-refractivity contribution in [1.82, 2.24) is 24.8 Å². The fraction of sp³-hybridized carbons (Fsp3) is 0.842. The topological polar surface area (TPSA) is 65.7 Å². The number of likely N-dealkylation sites (tertiary alicyclic amines) is 1. The molecule has 0 N–H and O–H groups in total. The molecule has 1 spiro atoms. The number of rotatable bonds is 5. The Balaban J connectivity index is 1.66. The van der Waals surface area contributed by atoms with Crippen LogP contribution in [0.5, 0.6) is 0 Å². The monoisotopic (exact) mass is 363 g/mol. The molecule has 0 radical (unpaired) electrons. The third-order valence-electron chi connectivity index (χ3n) is 5.92. The van der Waals surface area contributed by atoms with Crippen LogP contribution < -0.4 is 0 Å². The van der Waals surface area contributed by atoms with Crippen LogP contribution in [0.15, 0.2) is 4.52 Å². The summed E-state index contributed by atoms with van der Waals surface area (Å²) in [5.74, 6) is 2.32. The van der Waals surface area contributed by atoms with Gasteiger partial charge in [-0.05, 0) is 32.7 Å². The van der Waals surface area contributed by atoms with E-state index in [1.54, 1.807) is 0 Å². The fourth-order valence-electron chi connectivity index (χ4n) is 4.23. The average molecular weight is 364 g/mol. The van der Waals surface area contributed by atoms with Gasteiger partial charge in [-0.25, -0.2) is 0 Å². The first-order valence-corrected chi connectivity index (χ1v) is 9.94. The van der Waals surface area contributed by atoms with Crippen LogP contribution in [0.25, 0.3) is 0 Å². The summed E-state index contributed by atoms with van der Waals surface area (Å²) in [4.78, 5) is 23.8. The van der Waals surface area contributed by atoms with Gasteiger partial charge >= 0.3 is 0 Å². The highest BCUT2D eigenvalue weighted by Gasteiger charge is 2.42. The Morgan fingerprint density at radius 2 is 2.04 bits per heavy atom. The molecule has 0 saturated carbocycles. The molecule has 2 saturated heterocycles. The van der Waals surface area contributed by atoms with E-state index in [9.17, 15) is 4.79 Å². The van der Waals surface area contributed by atoms with Gasteiger partial charge in [-0.3, -0.25) is 14.6 Å². The SMILES string of the molecule is CCN1CC[C@@]2(CCC1=O)CN(Cc1noc(CC(C)C)n1)CCN2C. The van der Waals surface area contributed by atoms with E-state index < -0.39 is 0 Å². The molecular formula is C19H33N5O2. The molecule has 0 aromatic carbocycles. The van der Waals surface area contributed by atoms with Crippen molar-refractivity contribution in [2.75, 3.05) is 39.8 Å². The second kappa shape index (κ2) is 8.05. The normalized spacial score (nSPS) is 26.0. The highest BCUT2D eigenvalue weighted by Crippen LogP contribution is 2.32. The number of hydrogen-bond donors (Lipinski definition) is 0. The number of carbonyl (C=O) groups excluding carboxylic acids is 1. The molecule has 2 fully saturated rings. The zero-order valence-electron chi connectivity index (χ0n) is 16.7. The van der Waals surface area contributed by atoms with Crippen LogP contribution in [0.3, 0.4) is 0 Å². The van der Waals surface area contributed by atoms with Gasteiger partial charge in [0.1, 0.15) is 0 Å². The van der Waals surface area contributed by atoms with Crippen molar-refractivity contribution in [2.45, 2.75) is 58.5 Å². The Kier molecular flexibility index (Phi) is 5.97. The van der Waals surface area contributed by atoms with Crippen molar-refractivity contribution in [1.29, 1.82) is 0 Å². The lowest BCUT2D eigenvalue weighted by Gasteiger charge is -2.49. The molecule has 7 heteroatoms. The van der Waals surface area contributed by atoms with Gasteiger partial charge in [0.25, 0.3) is 0 Å². The van der Waals surface area contributed by atoms with Crippen LogP contribution in [0.1, 0.15) is 51.7 Å². The predicted molar refractivity (Wildman–Crippen MR) is 99.6 cm³/mol. The van der Waals surface area contributed by atoms with Crippen LogP contribution in [0, 0.1) is 5.92 Å². The first-order valence-electron chi connectivity index (χ1n) is 9.94. The summed E-state index contributed by atoms with van der Waals surface area (Å²) in [6.07, 6.45) is 3.44. The van der Waals surface area contributed by atoms with Gasteiger partial charge in [-0.1, -0.05) is 19.0 Å². The summed E-state index contributed by atoms with van der Waals surface area (Å²) >= 11 is 0. The van der Waals surface area contributed by atoms with Crippen molar-refractivity contribution in [3.05, 3.63) is 11.7 Å². The Morgan fingerprint density at radius 1 is 1.23 bits per heavy atom. The van der Waals surface area contributed by atoms with E-state index in [1.165, 1.54) is 0 Å². The number of piperazine rings is 1. The average Bonchev–Trinajstić information content (AvgIpc) is 2.95. The van der Waals surface area contributed by atoms with E-state index in [4.69, 9.17) is 4.52 Å². The third-order valence-corrected chi connectivity index (χ3v) is 5.92. The molecule has 3 heterocycles. The van der Waals surface area contributed by atoms with Crippen molar-refractivity contribution in [3.8, 4) is 0 Å². The van der Waals surface area contributed by atoms with E-state index in [0.717, 1.165) is 70.2 Å². The zero-order valence-corrected chi connectivity index (χ0v) is 16.7. The quantitative estimate of drug-likeness (QED) is 0.795. The lowest BCUT2D eigenvalue weighted by atomic mass is 9.86. The van der Waals surface area contributed by atoms with E-state index in [-0.39, 0.29) is 5.54 Å². The number of amides is 1. The molecule has 1 aromatic rings. The van der Waals surface area contributed by atoms with Gasteiger partial charge in [0, 0.05) is 51.1 Å². The molecule has 7 nitrogen and oxygen atoms in total. The molecule has 1 amide bonds. The Hall–Kier alpha value is -1.47. The second-order valence-corrected chi connectivity index (χ2v) is 8.28. The Bertz CT molecular complexity index is 617. The molecule has 146 valence electrons. The van der Waals surface area contributed by atoms with Crippen molar-refractivity contribution < 1.29 is 9.32 Å². The molecule has 26 heavy (non-hydrogen) atoms. The van der Waals surface area contributed by atoms with Crippen molar-refractivity contribution in [3.63, 3.8) is 0 Å². The summed E-state index contributed by atoms with van der Waals surface area (Å²) in [6, 6.07) is 0. The molecule has 0 aliphatic carbocycles. The molecular weight excluding hydrogens is 330 g/mol. The molecule has 3 rings (SSSR count). The van der Waals surface area contributed by atoms with Crippen molar-refractivity contribution in [2.24, 2.45) is 5.92 Å². The number of hydrogen-bond acceptors (Lipinski definition) is 6. The molecule has 1 atom stereocenters. The maximum atomic E-state index is 12.3. The number of nitrogens with zero attached hydrogens (tertiary/aromatic N) is 5. The summed E-state index contributed by atoms with van der Waals surface area (Å²) in [6.45, 7) is 11.7. The highest BCUT2D eigenvalue weighted by molar-refractivity contribution is 5.76. The molecule has 1 aromatic heterocycles. The predicted octanol–water partition coefficient (Wildman–Crippen LogP) is 1.79. The van der Waals surface area contributed by atoms with Gasteiger partial charge in [-0.2, -0.15) is 4.98 Å². The zero-order chi connectivity index (χ0) is 18.7. The Morgan fingerprint density at radius 3 is 2.77 bits per heavy atom. The summed E-state index contributed by atoms with van der Waals surface area (Å²) in [5, 5.41) is 4.17. The highest BCUT2D eigenvalue weighted by atomic mass is 16.5. The van der Waals surface area contributed by atoms with Crippen LogP contribution in [-0.2, 0) is 17.8 Å². The Labute approximate surface area is 156 Å². The minimum absolute atomic E-state index is 0.0718. The summed E-state index contributed by atoms with van der Waals surface area (Å²) < 4.78 is 5.39. The van der Waals surface area contributed by atoms with Crippen molar-refractivity contribution >= 4 is 5.91 Å². The lowest BCUT2D eigenvalue weighted by Crippen LogP contribution is -2.60. The van der Waals surface area contributed by atoms with Crippen LogP contribution >= 0.6 is 0 Å². The van der Waals surface area contributed by atoms with Gasteiger partial charge in [0.15, 0.2) is 5.82 Å². The minimum Gasteiger partial charge on any atom is -0.343 e. The number of likely N-dealkylation sites (N-methyl/N-ethyl adjacent to an activating group) is 1. The fourth-order valence-corrected chi connectivity index (χ4v) is 4.23. The van der Waals surface area contributed by atoms with Gasteiger partial charge in [-0.15, -0.1) is 0 Å². The first kappa shape index (κ1) is 19.3. The van der Waals surface area contributed by atoms with E-state index >= 15 is 0 Å². The standard InChI is InChI=1S/C19H33N5O2/c1-5-24-9-8-19(7-6-18(24)25)14-23(11-10-22(19)4)13-16-20-17(26-21-16)12-15(2)3/h15H,5-14H2,1-4H3/t19-/m0/s1. The van der Waals surface area contributed by atoms with Crippen LogP contribution in [-0.4, -0.2) is 76.1 Å². The maximum absolute atomic E-state index is 12.3. The van der Waals surface area contributed by atoms with E-state index in [2.05, 4.69) is 47.8 Å². The molecule has 0 unspecified atom stereocenters. The smallest absolute Gasteiger partial charge is 0.226 e. The van der Waals surface area contributed by atoms with Crippen LogP contribution in [0.2, 0.25) is 0 Å². The maximum Gasteiger partial charge on any atom is 0.226 e. The molecule has 2 aliphatic rings. The second-order valence-electron chi connectivity index (χ2n) is 8.28. The van der Waals surface area contributed by atoms with Crippen LogP contribution in [0.4, 0.5) is 0 Å². The third kappa shape index (κ3) is 4.26. The molecule has 0 bridgehead atoms. The number of carbonyl (C=O) groups is 1. The van der Waals surface area contributed by atoms with E-state index in [1.807, 2.05) is 4.90 Å². The van der Waals surface area contributed by atoms with Gasteiger partial charge in [0.05, 0.1) is 6.54 Å². The van der Waals surface area contributed by atoms with E-state index in [0.29, 0.717) is 18.2 Å². The number of aromatic nitrogens is 2. The van der Waals surface area contributed by atoms with Gasteiger partial charge < -0.3 is 9.42 Å². The molecule has 2 aliphatic heterocycles. The minimum atomic E-state index is 0.0718. The summed E-state index contributed by atoms with van der Waals surface area (Å²) in [5.41, 5.74) is 0.0718. The van der Waals surface area contributed by atoms with Gasteiger partial charge in [0.2, 0.25) is 11.8 Å². The first-order chi connectivity index (χ1) is 12.4. The lowest BCUT2D eigenvalue weighted by molar-refractivity contribution is -0.130.